The first-order valence-corrected chi connectivity index (χ1v) is 11.6. The lowest BCUT2D eigenvalue weighted by atomic mass is 10.1. The van der Waals surface area contributed by atoms with E-state index in [1.807, 2.05) is 35.2 Å². The second-order valence-electron chi connectivity index (χ2n) is 8.42. The third-order valence-electron chi connectivity index (χ3n) is 6.35. The van der Waals surface area contributed by atoms with Crippen LogP contribution in [0.2, 0.25) is 0 Å². The summed E-state index contributed by atoms with van der Waals surface area (Å²) in [6.07, 6.45) is -4.40. The van der Waals surface area contributed by atoms with Crippen LogP contribution in [0, 0.1) is 0 Å². The molecule has 0 N–H and O–H groups in total. The van der Waals surface area contributed by atoms with Crippen molar-refractivity contribution in [3.63, 3.8) is 0 Å². The second kappa shape index (κ2) is 8.46. The Hall–Kier alpha value is -2.91. The lowest BCUT2D eigenvalue weighted by Crippen LogP contribution is -2.64. The van der Waals surface area contributed by atoms with Gasteiger partial charge in [-0.1, -0.05) is 24.3 Å². The number of fused-ring (bicyclic) bond motifs is 1. The van der Waals surface area contributed by atoms with E-state index in [2.05, 4.69) is 4.90 Å². The second-order valence-corrected chi connectivity index (χ2v) is 9.50. The maximum absolute atomic E-state index is 13.0. The zero-order chi connectivity index (χ0) is 23.2. The highest BCUT2D eigenvalue weighted by Crippen LogP contribution is 2.35. The Morgan fingerprint density at radius 2 is 1.55 bits per heavy atom. The molecular formula is C24H22F3N3O2S. The summed E-state index contributed by atoms with van der Waals surface area (Å²) < 4.78 is 39.3. The van der Waals surface area contributed by atoms with Crippen LogP contribution in [0.25, 0.3) is 10.1 Å². The van der Waals surface area contributed by atoms with Gasteiger partial charge in [0, 0.05) is 55.6 Å². The number of carbonyl (C=O) groups is 2. The molecule has 0 aliphatic carbocycles. The van der Waals surface area contributed by atoms with Crippen LogP contribution < -0.4 is 0 Å². The summed E-state index contributed by atoms with van der Waals surface area (Å²) >= 11 is 1.10. The first-order valence-electron chi connectivity index (χ1n) is 10.8. The molecule has 2 aliphatic heterocycles. The van der Waals surface area contributed by atoms with Gasteiger partial charge < -0.3 is 9.80 Å². The topological polar surface area (TPSA) is 43.9 Å². The summed E-state index contributed by atoms with van der Waals surface area (Å²) in [5, 5.41) is 0.646. The first kappa shape index (κ1) is 21.9. The molecule has 3 heterocycles. The Labute approximate surface area is 193 Å². The van der Waals surface area contributed by atoms with Crippen molar-refractivity contribution in [2.75, 3.05) is 39.3 Å². The van der Waals surface area contributed by atoms with Crippen LogP contribution in [0.5, 0.6) is 0 Å². The largest absolute Gasteiger partial charge is 0.416 e. The molecule has 0 radical (unpaired) electrons. The van der Waals surface area contributed by atoms with Crippen molar-refractivity contribution in [1.29, 1.82) is 0 Å². The fourth-order valence-corrected chi connectivity index (χ4v) is 5.44. The number of thiophene rings is 1. The van der Waals surface area contributed by atoms with Gasteiger partial charge in [0.2, 0.25) is 0 Å². The molecule has 0 bridgehead atoms. The minimum absolute atomic E-state index is 0.0408. The van der Waals surface area contributed by atoms with Gasteiger partial charge in [-0.25, -0.2) is 0 Å². The first-order chi connectivity index (χ1) is 15.8. The van der Waals surface area contributed by atoms with Gasteiger partial charge >= 0.3 is 6.18 Å². The molecule has 1 aromatic heterocycles. The van der Waals surface area contributed by atoms with Crippen molar-refractivity contribution in [1.82, 2.24) is 14.7 Å². The summed E-state index contributed by atoms with van der Waals surface area (Å²) in [5.74, 6) is -0.0991. The molecule has 2 aliphatic rings. The molecule has 2 aromatic carbocycles. The summed E-state index contributed by atoms with van der Waals surface area (Å²) in [5.41, 5.74) is -0.0122. The van der Waals surface area contributed by atoms with E-state index in [1.54, 1.807) is 11.0 Å². The van der Waals surface area contributed by atoms with E-state index in [-0.39, 0.29) is 17.9 Å². The summed E-state index contributed by atoms with van der Waals surface area (Å²) in [4.78, 5) is 31.8. The normalized spacial score (nSPS) is 17.9. The number of hydrogen-bond acceptors (Lipinski definition) is 4. The zero-order valence-electron chi connectivity index (χ0n) is 17.7. The van der Waals surface area contributed by atoms with E-state index in [4.69, 9.17) is 0 Å². The van der Waals surface area contributed by atoms with E-state index in [0.717, 1.165) is 36.6 Å². The Morgan fingerprint density at radius 1 is 0.848 bits per heavy atom. The molecule has 33 heavy (non-hydrogen) atoms. The molecule has 0 spiro atoms. The van der Waals surface area contributed by atoms with E-state index in [9.17, 15) is 22.8 Å². The maximum Gasteiger partial charge on any atom is 0.416 e. The van der Waals surface area contributed by atoms with Crippen molar-refractivity contribution in [2.45, 2.75) is 12.2 Å². The van der Waals surface area contributed by atoms with Gasteiger partial charge in [-0.15, -0.1) is 11.3 Å². The molecule has 0 saturated carbocycles. The van der Waals surface area contributed by atoms with Crippen molar-refractivity contribution in [2.24, 2.45) is 0 Å². The van der Waals surface area contributed by atoms with Gasteiger partial charge in [0.05, 0.1) is 10.4 Å². The van der Waals surface area contributed by atoms with Crippen molar-refractivity contribution < 1.29 is 22.8 Å². The van der Waals surface area contributed by atoms with Crippen LogP contribution in [0.1, 0.15) is 25.6 Å². The number of hydrogen-bond donors (Lipinski definition) is 0. The summed E-state index contributed by atoms with van der Waals surface area (Å²) in [6.45, 7) is 4.00. The molecular weight excluding hydrogens is 451 g/mol. The summed E-state index contributed by atoms with van der Waals surface area (Å²) in [6, 6.07) is 14.7. The van der Waals surface area contributed by atoms with Crippen LogP contribution in [0.4, 0.5) is 13.2 Å². The number of benzene rings is 2. The standard InChI is InChI=1S/C24H22F3N3O2S/c25-24(26,27)18-7-6-17-12-21(33-20(17)13-18)23(32)30-14-19(15-30)28-8-10-29(11-9-28)22(31)16-4-2-1-3-5-16/h1-7,12-13,19H,8-11,14-15H2. The monoisotopic (exact) mass is 473 g/mol. The van der Waals surface area contributed by atoms with Crippen LogP contribution in [0.15, 0.2) is 54.6 Å². The van der Waals surface area contributed by atoms with Crippen molar-refractivity contribution in [3.8, 4) is 0 Å². The van der Waals surface area contributed by atoms with E-state index < -0.39 is 11.7 Å². The average molecular weight is 474 g/mol. The average Bonchev–Trinajstić information content (AvgIpc) is 3.22. The highest BCUT2D eigenvalue weighted by molar-refractivity contribution is 7.20. The molecule has 172 valence electrons. The molecule has 0 unspecified atom stereocenters. The molecule has 9 heteroatoms. The number of likely N-dealkylation sites (tertiary alicyclic amines) is 1. The molecule has 5 rings (SSSR count). The fraction of sp³-hybridized carbons (Fsp3) is 0.333. The lowest BCUT2D eigenvalue weighted by molar-refractivity contribution is -0.137. The third kappa shape index (κ3) is 4.35. The maximum atomic E-state index is 13.0. The van der Waals surface area contributed by atoms with Crippen LogP contribution in [0.3, 0.4) is 0 Å². The number of rotatable bonds is 3. The minimum Gasteiger partial charge on any atom is -0.336 e. The lowest BCUT2D eigenvalue weighted by Gasteiger charge is -2.48. The van der Waals surface area contributed by atoms with Crippen LogP contribution in [-0.4, -0.2) is 71.8 Å². The van der Waals surface area contributed by atoms with Gasteiger partial charge in [-0.3, -0.25) is 14.5 Å². The molecule has 2 amide bonds. The molecule has 0 atom stereocenters. The van der Waals surface area contributed by atoms with Crippen molar-refractivity contribution >= 4 is 33.2 Å². The van der Waals surface area contributed by atoms with Gasteiger partial charge in [0.15, 0.2) is 0 Å². The summed E-state index contributed by atoms with van der Waals surface area (Å²) in [7, 11) is 0. The Morgan fingerprint density at radius 3 is 2.21 bits per heavy atom. The number of carbonyl (C=O) groups excluding carboxylic acids is 2. The van der Waals surface area contributed by atoms with E-state index in [1.165, 1.54) is 6.07 Å². The smallest absolute Gasteiger partial charge is 0.336 e. The van der Waals surface area contributed by atoms with E-state index >= 15 is 0 Å². The molecule has 2 saturated heterocycles. The highest BCUT2D eigenvalue weighted by Gasteiger charge is 2.37. The number of piperazine rings is 1. The minimum atomic E-state index is -4.40. The number of halogens is 3. The Bertz CT molecular complexity index is 1180. The quantitative estimate of drug-likeness (QED) is 0.573. The SMILES string of the molecule is O=C(c1ccccc1)N1CCN(C2CN(C(=O)c3cc4ccc(C(F)(F)F)cc4s3)C2)CC1. The van der Waals surface area contributed by atoms with Crippen LogP contribution >= 0.6 is 11.3 Å². The number of amides is 2. The predicted molar refractivity (Wildman–Crippen MR) is 120 cm³/mol. The van der Waals surface area contributed by atoms with Gasteiger partial charge in [0.1, 0.15) is 0 Å². The third-order valence-corrected chi connectivity index (χ3v) is 7.43. The molecule has 5 nitrogen and oxygen atoms in total. The van der Waals surface area contributed by atoms with Gasteiger partial charge in [-0.2, -0.15) is 13.2 Å². The van der Waals surface area contributed by atoms with Crippen LogP contribution in [-0.2, 0) is 6.18 Å². The fourth-order valence-electron chi connectivity index (χ4n) is 4.37. The van der Waals surface area contributed by atoms with Gasteiger partial charge in [0.25, 0.3) is 11.8 Å². The Balaban J connectivity index is 1.16. The number of alkyl halides is 3. The van der Waals surface area contributed by atoms with Crippen molar-refractivity contribution in [3.05, 3.63) is 70.6 Å². The predicted octanol–water partition coefficient (Wildman–Crippen LogP) is 4.20. The van der Waals surface area contributed by atoms with E-state index in [0.29, 0.717) is 46.7 Å². The number of nitrogens with zero attached hydrogens (tertiary/aromatic N) is 3. The molecule has 3 aromatic rings. The van der Waals surface area contributed by atoms with Gasteiger partial charge in [-0.05, 0) is 35.7 Å². The highest BCUT2D eigenvalue weighted by atomic mass is 32.1. The Kier molecular flexibility index (Phi) is 5.62. The molecule has 2 fully saturated rings. The zero-order valence-corrected chi connectivity index (χ0v) is 18.5.